The molecule has 0 unspecified atom stereocenters. The first kappa shape index (κ1) is 18.7. The predicted octanol–water partition coefficient (Wildman–Crippen LogP) is 2.27. The zero-order chi connectivity index (χ0) is 19.0. The van der Waals surface area contributed by atoms with Gasteiger partial charge in [0.2, 0.25) is 0 Å². The number of nitrogens with zero attached hydrogens (tertiary/aromatic N) is 3. The largest absolute Gasteiger partial charge is 0.393 e. The SMILES string of the molecule is Cc1ccc2c(c1)cc(CN1CCC(N3CCC(O)CC3)CC1)c(=O)n2C. The van der Waals surface area contributed by atoms with Crippen LogP contribution in [0.25, 0.3) is 10.9 Å². The van der Waals surface area contributed by atoms with Crippen LogP contribution in [0.4, 0.5) is 0 Å². The third-order valence-corrected chi connectivity index (χ3v) is 6.42. The van der Waals surface area contributed by atoms with Crippen molar-refractivity contribution in [3.63, 3.8) is 0 Å². The molecule has 2 fully saturated rings. The lowest BCUT2D eigenvalue weighted by molar-refractivity contribution is 0.0375. The molecule has 0 bridgehead atoms. The van der Waals surface area contributed by atoms with Crippen molar-refractivity contribution in [2.75, 3.05) is 26.2 Å². The number of aliphatic hydroxyl groups excluding tert-OH is 1. The van der Waals surface area contributed by atoms with Crippen LogP contribution in [0, 0.1) is 6.92 Å². The van der Waals surface area contributed by atoms with Crippen LogP contribution in [-0.4, -0.2) is 57.8 Å². The number of pyridine rings is 1. The van der Waals surface area contributed by atoms with Crippen LogP contribution in [0.3, 0.4) is 0 Å². The lowest BCUT2D eigenvalue weighted by atomic mass is 9.98. The summed E-state index contributed by atoms with van der Waals surface area (Å²) in [5, 5.41) is 10.9. The first-order chi connectivity index (χ1) is 13.0. The van der Waals surface area contributed by atoms with Crippen LogP contribution >= 0.6 is 0 Å². The first-order valence-electron chi connectivity index (χ1n) is 10.2. The number of hydrogen-bond acceptors (Lipinski definition) is 4. The van der Waals surface area contributed by atoms with Gasteiger partial charge in [-0.2, -0.15) is 0 Å². The summed E-state index contributed by atoms with van der Waals surface area (Å²) in [7, 11) is 1.88. The Morgan fingerprint density at radius 1 is 1.04 bits per heavy atom. The summed E-state index contributed by atoms with van der Waals surface area (Å²) in [5.74, 6) is 0. The van der Waals surface area contributed by atoms with Crippen molar-refractivity contribution in [3.8, 4) is 0 Å². The van der Waals surface area contributed by atoms with Crippen molar-refractivity contribution in [2.45, 2.75) is 51.3 Å². The van der Waals surface area contributed by atoms with Crippen LogP contribution in [0.2, 0.25) is 0 Å². The highest BCUT2D eigenvalue weighted by molar-refractivity contribution is 5.80. The molecule has 2 saturated heterocycles. The van der Waals surface area contributed by atoms with Gasteiger partial charge in [0.05, 0.1) is 11.6 Å². The van der Waals surface area contributed by atoms with E-state index in [1.807, 2.05) is 13.1 Å². The summed E-state index contributed by atoms with van der Waals surface area (Å²) in [6, 6.07) is 8.98. The molecule has 0 saturated carbocycles. The molecular formula is C22H31N3O2. The Morgan fingerprint density at radius 3 is 2.44 bits per heavy atom. The molecule has 5 nitrogen and oxygen atoms in total. The molecule has 3 heterocycles. The number of hydrogen-bond donors (Lipinski definition) is 1. The van der Waals surface area contributed by atoms with E-state index >= 15 is 0 Å². The molecule has 0 atom stereocenters. The Balaban J connectivity index is 1.43. The van der Waals surface area contributed by atoms with Crippen LogP contribution in [0.15, 0.2) is 29.1 Å². The molecule has 0 amide bonds. The molecule has 0 radical (unpaired) electrons. The molecule has 4 rings (SSSR count). The van der Waals surface area contributed by atoms with E-state index < -0.39 is 0 Å². The fourth-order valence-electron chi connectivity index (χ4n) is 4.72. The van der Waals surface area contributed by atoms with E-state index in [9.17, 15) is 9.90 Å². The highest BCUT2D eigenvalue weighted by atomic mass is 16.3. The molecule has 1 N–H and O–H groups in total. The molecule has 2 aromatic rings. The monoisotopic (exact) mass is 369 g/mol. The van der Waals surface area contributed by atoms with Gasteiger partial charge in [0.25, 0.3) is 5.56 Å². The standard InChI is InChI=1S/C22H31N3O2/c1-16-3-4-21-17(13-16)14-18(22(27)23(21)2)15-24-9-5-19(6-10-24)25-11-7-20(26)8-12-25/h3-4,13-14,19-20,26H,5-12,15H2,1-2H3. The smallest absolute Gasteiger partial charge is 0.255 e. The van der Waals surface area contributed by atoms with E-state index in [1.165, 1.54) is 5.56 Å². The summed E-state index contributed by atoms with van der Waals surface area (Å²) in [6.07, 6.45) is 4.03. The van der Waals surface area contributed by atoms with Gasteiger partial charge in [-0.3, -0.25) is 9.69 Å². The molecule has 2 aliphatic rings. The summed E-state index contributed by atoms with van der Waals surface area (Å²) in [4.78, 5) is 17.8. The van der Waals surface area contributed by atoms with Crippen LogP contribution in [-0.2, 0) is 13.6 Å². The minimum absolute atomic E-state index is 0.103. The Kier molecular flexibility index (Phi) is 5.35. The number of aryl methyl sites for hydroxylation is 2. The van der Waals surface area contributed by atoms with Crippen molar-refractivity contribution in [2.24, 2.45) is 7.05 Å². The minimum atomic E-state index is -0.103. The van der Waals surface area contributed by atoms with Gasteiger partial charge in [0, 0.05) is 38.3 Å². The van der Waals surface area contributed by atoms with Gasteiger partial charge < -0.3 is 14.6 Å². The van der Waals surface area contributed by atoms with Gasteiger partial charge in [-0.05, 0) is 69.3 Å². The molecular weight excluding hydrogens is 338 g/mol. The van der Waals surface area contributed by atoms with Crippen LogP contribution < -0.4 is 5.56 Å². The van der Waals surface area contributed by atoms with Crippen molar-refractivity contribution in [1.82, 2.24) is 14.4 Å². The number of likely N-dealkylation sites (tertiary alicyclic amines) is 2. The maximum absolute atomic E-state index is 12.8. The van der Waals surface area contributed by atoms with Crippen molar-refractivity contribution >= 4 is 10.9 Å². The first-order valence-corrected chi connectivity index (χ1v) is 10.2. The molecule has 1 aromatic heterocycles. The van der Waals surface area contributed by atoms with Crippen LogP contribution in [0.5, 0.6) is 0 Å². The topological polar surface area (TPSA) is 48.7 Å². The zero-order valence-electron chi connectivity index (χ0n) is 16.5. The number of fused-ring (bicyclic) bond motifs is 1. The van der Waals surface area contributed by atoms with E-state index in [2.05, 4.69) is 34.9 Å². The third-order valence-electron chi connectivity index (χ3n) is 6.42. The van der Waals surface area contributed by atoms with Crippen molar-refractivity contribution < 1.29 is 5.11 Å². The number of aliphatic hydroxyl groups is 1. The number of aromatic nitrogens is 1. The van der Waals surface area contributed by atoms with Gasteiger partial charge in [-0.1, -0.05) is 11.6 Å². The zero-order valence-corrected chi connectivity index (χ0v) is 16.5. The second kappa shape index (κ2) is 7.74. The van der Waals surface area contributed by atoms with E-state index in [4.69, 9.17) is 0 Å². The average molecular weight is 370 g/mol. The molecule has 5 heteroatoms. The Hall–Kier alpha value is -1.69. The minimum Gasteiger partial charge on any atom is -0.393 e. The van der Waals surface area contributed by atoms with Crippen molar-refractivity contribution in [1.29, 1.82) is 0 Å². The molecule has 1 aromatic carbocycles. The predicted molar refractivity (Wildman–Crippen MR) is 109 cm³/mol. The summed E-state index contributed by atoms with van der Waals surface area (Å²) < 4.78 is 1.79. The molecule has 0 aliphatic carbocycles. The fourth-order valence-corrected chi connectivity index (χ4v) is 4.72. The Morgan fingerprint density at radius 2 is 1.74 bits per heavy atom. The van der Waals surface area contributed by atoms with E-state index in [0.29, 0.717) is 6.04 Å². The number of rotatable bonds is 3. The van der Waals surface area contributed by atoms with E-state index in [1.54, 1.807) is 4.57 Å². The fraction of sp³-hybridized carbons (Fsp3) is 0.591. The van der Waals surface area contributed by atoms with Gasteiger partial charge in [-0.15, -0.1) is 0 Å². The summed E-state index contributed by atoms with van der Waals surface area (Å²) >= 11 is 0. The van der Waals surface area contributed by atoms with Gasteiger partial charge in [0.15, 0.2) is 0 Å². The summed E-state index contributed by atoms with van der Waals surface area (Å²) in [5.41, 5.74) is 3.24. The quantitative estimate of drug-likeness (QED) is 0.902. The lowest BCUT2D eigenvalue weighted by Crippen LogP contribution is -2.48. The van der Waals surface area contributed by atoms with E-state index in [0.717, 1.165) is 74.9 Å². The molecule has 27 heavy (non-hydrogen) atoms. The molecule has 2 aliphatic heterocycles. The molecule has 0 spiro atoms. The lowest BCUT2D eigenvalue weighted by Gasteiger charge is -2.41. The average Bonchev–Trinajstić information content (AvgIpc) is 2.67. The van der Waals surface area contributed by atoms with Gasteiger partial charge in [0.1, 0.15) is 0 Å². The highest BCUT2D eigenvalue weighted by Crippen LogP contribution is 2.22. The second-order valence-corrected chi connectivity index (χ2v) is 8.37. The maximum Gasteiger partial charge on any atom is 0.255 e. The number of benzene rings is 1. The maximum atomic E-state index is 12.8. The second-order valence-electron chi connectivity index (χ2n) is 8.37. The van der Waals surface area contributed by atoms with Gasteiger partial charge >= 0.3 is 0 Å². The molecule has 146 valence electrons. The van der Waals surface area contributed by atoms with Crippen LogP contribution in [0.1, 0.15) is 36.8 Å². The highest BCUT2D eigenvalue weighted by Gasteiger charge is 2.27. The Bertz CT molecular complexity index is 860. The van der Waals surface area contributed by atoms with Gasteiger partial charge in [-0.25, -0.2) is 0 Å². The Labute approximate surface area is 161 Å². The summed E-state index contributed by atoms with van der Waals surface area (Å²) in [6.45, 7) is 6.96. The number of piperidine rings is 2. The van der Waals surface area contributed by atoms with E-state index in [-0.39, 0.29) is 11.7 Å². The van der Waals surface area contributed by atoms with Crippen molar-refractivity contribution in [3.05, 3.63) is 45.7 Å². The third kappa shape index (κ3) is 3.96. The normalized spacial score (nSPS) is 21.1.